The van der Waals surface area contributed by atoms with Gasteiger partial charge < -0.3 is 14.8 Å². The highest BCUT2D eigenvalue weighted by molar-refractivity contribution is 6.31. The number of carbonyl (C=O) groups excluding carboxylic acids is 1. The quantitative estimate of drug-likeness (QED) is 0.791. The zero-order chi connectivity index (χ0) is 19.1. The molecule has 1 aliphatic rings. The normalized spacial score (nSPS) is 14.7. The van der Waals surface area contributed by atoms with E-state index in [4.69, 9.17) is 21.1 Å². The zero-order valence-electron chi connectivity index (χ0n) is 15.5. The molecule has 1 fully saturated rings. The SMILES string of the molecule is Cc1cc(OCC(=O)NCc2ccc(CN3CCOCC3)cc2)ccc1Cl. The molecule has 0 bridgehead atoms. The number of ether oxygens (including phenoxy) is 2. The number of nitrogens with one attached hydrogen (secondary N) is 1. The molecular weight excluding hydrogens is 364 g/mol. The van der Waals surface area contributed by atoms with E-state index >= 15 is 0 Å². The summed E-state index contributed by atoms with van der Waals surface area (Å²) in [6, 6.07) is 13.7. The molecule has 0 atom stereocenters. The molecule has 0 aromatic heterocycles. The van der Waals surface area contributed by atoms with Crippen LogP contribution in [0.15, 0.2) is 42.5 Å². The summed E-state index contributed by atoms with van der Waals surface area (Å²) in [4.78, 5) is 14.4. The van der Waals surface area contributed by atoms with E-state index in [1.165, 1.54) is 5.56 Å². The van der Waals surface area contributed by atoms with E-state index in [1.54, 1.807) is 12.1 Å². The van der Waals surface area contributed by atoms with Gasteiger partial charge in [0.15, 0.2) is 6.61 Å². The molecule has 1 amide bonds. The van der Waals surface area contributed by atoms with Gasteiger partial charge in [0.25, 0.3) is 5.91 Å². The molecule has 1 N–H and O–H groups in total. The third-order valence-corrected chi connectivity index (χ3v) is 4.95. The third-order valence-electron chi connectivity index (χ3n) is 4.52. The molecule has 0 aliphatic carbocycles. The van der Waals surface area contributed by atoms with Gasteiger partial charge in [0.05, 0.1) is 13.2 Å². The van der Waals surface area contributed by atoms with Crippen LogP contribution in [0.4, 0.5) is 0 Å². The molecule has 0 radical (unpaired) electrons. The van der Waals surface area contributed by atoms with Crippen molar-refractivity contribution in [3.8, 4) is 5.75 Å². The number of amides is 1. The molecule has 5 nitrogen and oxygen atoms in total. The maximum absolute atomic E-state index is 12.0. The molecule has 6 heteroatoms. The van der Waals surface area contributed by atoms with E-state index in [9.17, 15) is 4.79 Å². The van der Waals surface area contributed by atoms with Gasteiger partial charge in [-0.3, -0.25) is 9.69 Å². The summed E-state index contributed by atoms with van der Waals surface area (Å²) in [6.07, 6.45) is 0. The molecule has 27 heavy (non-hydrogen) atoms. The molecule has 1 saturated heterocycles. The minimum atomic E-state index is -0.153. The standard InChI is InChI=1S/C21H25ClN2O3/c1-16-12-19(6-7-20(16)22)27-15-21(25)23-13-17-2-4-18(5-3-17)14-24-8-10-26-11-9-24/h2-7,12H,8-11,13-15H2,1H3,(H,23,25). The van der Waals surface area contributed by atoms with Gasteiger partial charge in [-0.15, -0.1) is 0 Å². The second-order valence-electron chi connectivity index (χ2n) is 6.68. The summed E-state index contributed by atoms with van der Waals surface area (Å²) >= 11 is 5.98. The second kappa shape index (κ2) is 9.74. The number of carbonyl (C=O) groups is 1. The van der Waals surface area contributed by atoms with Crippen molar-refractivity contribution in [3.05, 3.63) is 64.2 Å². The smallest absolute Gasteiger partial charge is 0.258 e. The molecule has 2 aromatic rings. The zero-order valence-corrected chi connectivity index (χ0v) is 16.3. The summed E-state index contributed by atoms with van der Waals surface area (Å²) < 4.78 is 10.9. The first-order valence-electron chi connectivity index (χ1n) is 9.14. The van der Waals surface area contributed by atoms with Crippen LogP contribution < -0.4 is 10.1 Å². The van der Waals surface area contributed by atoms with Crippen molar-refractivity contribution in [2.45, 2.75) is 20.0 Å². The molecule has 1 heterocycles. The highest BCUT2D eigenvalue weighted by Gasteiger charge is 2.10. The van der Waals surface area contributed by atoms with Crippen LogP contribution >= 0.6 is 11.6 Å². The number of benzene rings is 2. The van der Waals surface area contributed by atoms with Crippen LogP contribution in [0.3, 0.4) is 0 Å². The van der Waals surface area contributed by atoms with Gasteiger partial charge in [0, 0.05) is 31.2 Å². The Morgan fingerprint density at radius 3 is 2.56 bits per heavy atom. The van der Waals surface area contributed by atoms with Crippen molar-refractivity contribution in [3.63, 3.8) is 0 Å². The monoisotopic (exact) mass is 388 g/mol. The molecule has 0 unspecified atom stereocenters. The number of morpholine rings is 1. The van der Waals surface area contributed by atoms with Crippen LogP contribution in [-0.2, 0) is 22.6 Å². The largest absolute Gasteiger partial charge is 0.484 e. The first kappa shape index (κ1) is 19.7. The summed E-state index contributed by atoms with van der Waals surface area (Å²) in [7, 11) is 0. The van der Waals surface area contributed by atoms with Crippen molar-refractivity contribution < 1.29 is 14.3 Å². The maximum atomic E-state index is 12.0. The van der Waals surface area contributed by atoms with Crippen molar-refractivity contribution in [2.24, 2.45) is 0 Å². The third kappa shape index (κ3) is 6.24. The Morgan fingerprint density at radius 1 is 1.15 bits per heavy atom. The lowest BCUT2D eigenvalue weighted by Gasteiger charge is -2.26. The van der Waals surface area contributed by atoms with Crippen LogP contribution in [0.2, 0.25) is 5.02 Å². The minimum absolute atomic E-state index is 0.0177. The Labute approximate surface area is 165 Å². The average Bonchev–Trinajstić information content (AvgIpc) is 2.69. The topological polar surface area (TPSA) is 50.8 Å². The number of aryl methyl sites for hydroxylation is 1. The highest BCUT2D eigenvalue weighted by atomic mass is 35.5. The van der Waals surface area contributed by atoms with Gasteiger partial charge >= 0.3 is 0 Å². The van der Waals surface area contributed by atoms with Crippen LogP contribution in [-0.4, -0.2) is 43.7 Å². The first-order valence-corrected chi connectivity index (χ1v) is 9.51. The van der Waals surface area contributed by atoms with Crippen molar-refractivity contribution in [1.29, 1.82) is 0 Å². The molecular formula is C21H25ClN2O3. The summed E-state index contributed by atoms with van der Waals surface area (Å²) in [6.45, 7) is 6.87. The fourth-order valence-electron chi connectivity index (χ4n) is 2.89. The number of hydrogen-bond donors (Lipinski definition) is 1. The predicted octanol–water partition coefficient (Wildman–Crippen LogP) is 3.18. The lowest BCUT2D eigenvalue weighted by Crippen LogP contribution is -2.35. The van der Waals surface area contributed by atoms with Gasteiger partial charge in [-0.25, -0.2) is 0 Å². The van der Waals surface area contributed by atoms with E-state index < -0.39 is 0 Å². The van der Waals surface area contributed by atoms with Gasteiger partial charge in [-0.2, -0.15) is 0 Å². The molecule has 144 valence electrons. The number of nitrogens with zero attached hydrogens (tertiary/aromatic N) is 1. The van der Waals surface area contributed by atoms with E-state index in [2.05, 4.69) is 34.5 Å². The van der Waals surface area contributed by atoms with E-state index in [-0.39, 0.29) is 12.5 Å². The summed E-state index contributed by atoms with van der Waals surface area (Å²) in [5.74, 6) is 0.486. The molecule has 3 rings (SSSR count). The lowest BCUT2D eigenvalue weighted by molar-refractivity contribution is -0.123. The maximum Gasteiger partial charge on any atom is 0.258 e. The Morgan fingerprint density at radius 2 is 1.85 bits per heavy atom. The Kier molecular flexibility index (Phi) is 7.10. The summed E-state index contributed by atoms with van der Waals surface area (Å²) in [5, 5.41) is 3.56. The van der Waals surface area contributed by atoms with Gasteiger partial charge in [-0.1, -0.05) is 35.9 Å². The van der Waals surface area contributed by atoms with Crippen LogP contribution in [0, 0.1) is 6.92 Å². The van der Waals surface area contributed by atoms with Crippen molar-refractivity contribution in [1.82, 2.24) is 10.2 Å². The van der Waals surface area contributed by atoms with Crippen LogP contribution in [0.5, 0.6) is 5.75 Å². The molecule has 0 spiro atoms. The molecule has 0 saturated carbocycles. The van der Waals surface area contributed by atoms with Crippen molar-refractivity contribution in [2.75, 3.05) is 32.9 Å². The van der Waals surface area contributed by atoms with E-state index in [0.29, 0.717) is 17.3 Å². The van der Waals surface area contributed by atoms with Gasteiger partial charge in [0.1, 0.15) is 5.75 Å². The number of halogens is 1. The minimum Gasteiger partial charge on any atom is -0.484 e. The fraction of sp³-hybridized carbons (Fsp3) is 0.381. The second-order valence-corrected chi connectivity index (χ2v) is 7.09. The van der Waals surface area contributed by atoms with Crippen molar-refractivity contribution >= 4 is 17.5 Å². The van der Waals surface area contributed by atoms with Gasteiger partial charge in [-0.05, 0) is 41.8 Å². The number of rotatable bonds is 7. The lowest BCUT2D eigenvalue weighted by atomic mass is 10.1. The Balaban J connectivity index is 1.41. The first-order chi connectivity index (χ1) is 13.1. The molecule has 2 aromatic carbocycles. The highest BCUT2D eigenvalue weighted by Crippen LogP contribution is 2.20. The molecule has 1 aliphatic heterocycles. The average molecular weight is 389 g/mol. The van der Waals surface area contributed by atoms with E-state index in [0.717, 1.165) is 44.0 Å². The number of hydrogen-bond acceptors (Lipinski definition) is 4. The predicted molar refractivity (Wildman–Crippen MR) is 106 cm³/mol. The Bertz CT molecular complexity index is 759. The van der Waals surface area contributed by atoms with Gasteiger partial charge in [0.2, 0.25) is 0 Å². The van der Waals surface area contributed by atoms with Crippen LogP contribution in [0.25, 0.3) is 0 Å². The van der Waals surface area contributed by atoms with Crippen LogP contribution in [0.1, 0.15) is 16.7 Å². The Hall–Kier alpha value is -2.08. The summed E-state index contributed by atoms with van der Waals surface area (Å²) in [5.41, 5.74) is 3.26. The van der Waals surface area contributed by atoms with E-state index in [1.807, 2.05) is 13.0 Å². The fourth-order valence-corrected chi connectivity index (χ4v) is 3.01.